The molecule has 3 rings (SSSR count). The van der Waals surface area contributed by atoms with Crippen LogP contribution in [-0.4, -0.2) is 35.6 Å². The van der Waals surface area contributed by atoms with E-state index in [-0.39, 0.29) is 5.92 Å². The van der Waals surface area contributed by atoms with E-state index in [1.807, 2.05) is 6.07 Å². The first-order valence-electron chi connectivity index (χ1n) is 7.81. The van der Waals surface area contributed by atoms with Crippen LogP contribution in [0.2, 0.25) is 0 Å². The minimum atomic E-state index is -0.687. The molecule has 1 aromatic carbocycles. The molecule has 108 valence electrons. The van der Waals surface area contributed by atoms with E-state index in [1.54, 1.807) is 0 Å². The van der Waals surface area contributed by atoms with Crippen molar-refractivity contribution in [3.63, 3.8) is 0 Å². The second kappa shape index (κ2) is 5.96. The third-order valence-electron chi connectivity index (χ3n) is 4.71. The molecule has 3 nitrogen and oxygen atoms in total. The fourth-order valence-electron chi connectivity index (χ4n) is 3.52. The van der Waals surface area contributed by atoms with Crippen molar-refractivity contribution in [2.45, 2.75) is 44.4 Å². The molecule has 1 fully saturated rings. The lowest BCUT2D eigenvalue weighted by Crippen LogP contribution is -2.29. The number of hydrogen-bond acceptors (Lipinski definition) is 2. The van der Waals surface area contributed by atoms with E-state index in [0.717, 1.165) is 31.5 Å². The van der Waals surface area contributed by atoms with Crippen LogP contribution in [0.1, 0.15) is 48.3 Å². The maximum Gasteiger partial charge on any atom is 0.312 e. The molecule has 1 heterocycles. The number of aliphatic carboxylic acids is 1. The molecule has 1 aromatic rings. The van der Waals surface area contributed by atoms with Crippen LogP contribution < -0.4 is 0 Å². The molecule has 0 saturated carbocycles. The van der Waals surface area contributed by atoms with Crippen LogP contribution in [0.5, 0.6) is 0 Å². The van der Waals surface area contributed by atoms with E-state index in [9.17, 15) is 9.90 Å². The molecule has 0 spiro atoms. The van der Waals surface area contributed by atoms with E-state index >= 15 is 0 Å². The summed E-state index contributed by atoms with van der Waals surface area (Å²) in [6.07, 6.45) is 7.18. The first kappa shape index (κ1) is 13.6. The van der Waals surface area contributed by atoms with E-state index in [2.05, 4.69) is 17.0 Å². The fourth-order valence-corrected chi connectivity index (χ4v) is 3.52. The first-order valence-corrected chi connectivity index (χ1v) is 7.81. The summed E-state index contributed by atoms with van der Waals surface area (Å²) in [6, 6.07) is 6.35. The summed E-state index contributed by atoms with van der Waals surface area (Å²) in [5.41, 5.74) is 3.79. The molecule has 0 bridgehead atoms. The minimum absolute atomic E-state index is 0.375. The molecule has 1 saturated heterocycles. The predicted octanol–water partition coefficient (Wildman–Crippen LogP) is 2.83. The lowest BCUT2D eigenvalue weighted by molar-refractivity contribution is -0.139. The Kier molecular flexibility index (Phi) is 4.06. The van der Waals surface area contributed by atoms with Gasteiger partial charge in [-0.2, -0.15) is 0 Å². The summed E-state index contributed by atoms with van der Waals surface area (Å²) in [7, 11) is 0. The quantitative estimate of drug-likeness (QED) is 0.917. The Balaban J connectivity index is 1.81. The average Bonchev–Trinajstić information content (AvgIpc) is 2.97. The summed E-state index contributed by atoms with van der Waals surface area (Å²) in [6.45, 7) is 2.76. The molecule has 3 heteroatoms. The molecule has 0 amide bonds. The van der Waals surface area contributed by atoms with E-state index in [1.165, 1.54) is 36.8 Å². The van der Waals surface area contributed by atoms with Crippen molar-refractivity contribution in [3.05, 3.63) is 34.9 Å². The Labute approximate surface area is 120 Å². The topological polar surface area (TPSA) is 40.5 Å². The maximum atomic E-state index is 11.6. The van der Waals surface area contributed by atoms with Crippen molar-refractivity contribution < 1.29 is 9.90 Å². The Hall–Kier alpha value is -1.35. The van der Waals surface area contributed by atoms with Gasteiger partial charge < -0.3 is 10.0 Å². The smallest absolute Gasteiger partial charge is 0.312 e. The summed E-state index contributed by atoms with van der Waals surface area (Å²) in [5.74, 6) is -1.06. The molecule has 0 aromatic heterocycles. The third-order valence-corrected chi connectivity index (χ3v) is 4.71. The number of benzene rings is 1. The minimum Gasteiger partial charge on any atom is -0.481 e. The number of fused-ring (bicyclic) bond motifs is 1. The summed E-state index contributed by atoms with van der Waals surface area (Å²) in [5, 5.41) is 9.56. The molecular weight excluding hydrogens is 250 g/mol. The highest BCUT2D eigenvalue weighted by molar-refractivity contribution is 5.76. The summed E-state index contributed by atoms with van der Waals surface area (Å²) >= 11 is 0. The third kappa shape index (κ3) is 2.88. The number of likely N-dealkylation sites (tertiary alicyclic amines) is 1. The largest absolute Gasteiger partial charge is 0.481 e. The van der Waals surface area contributed by atoms with Crippen molar-refractivity contribution >= 4 is 5.97 Å². The highest BCUT2D eigenvalue weighted by Crippen LogP contribution is 2.27. The number of carbonyl (C=O) groups is 1. The Morgan fingerprint density at radius 1 is 1.10 bits per heavy atom. The van der Waals surface area contributed by atoms with Crippen molar-refractivity contribution in [1.29, 1.82) is 0 Å². The van der Waals surface area contributed by atoms with Crippen LogP contribution in [0.3, 0.4) is 0 Å². The van der Waals surface area contributed by atoms with Crippen molar-refractivity contribution in [2.75, 3.05) is 19.6 Å². The lowest BCUT2D eigenvalue weighted by atomic mass is 9.87. The number of aryl methyl sites for hydroxylation is 2. The van der Waals surface area contributed by atoms with Crippen molar-refractivity contribution in [2.24, 2.45) is 0 Å². The molecule has 1 atom stereocenters. The second-order valence-corrected chi connectivity index (χ2v) is 6.13. The molecule has 0 radical (unpaired) electrons. The lowest BCUT2D eigenvalue weighted by Gasteiger charge is -2.23. The standard InChI is InChI=1S/C17H23NO2/c19-17(20)16(12-18-9-3-4-10-18)15-8-7-13-5-1-2-6-14(13)11-15/h7-8,11,16H,1-6,9-10,12H2,(H,19,20). The molecule has 2 aliphatic rings. The van der Waals surface area contributed by atoms with Gasteiger partial charge in [0.2, 0.25) is 0 Å². The van der Waals surface area contributed by atoms with Gasteiger partial charge in [-0.15, -0.1) is 0 Å². The monoisotopic (exact) mass is 273 g/mol. The van der Waals surface area contributed by atoms with Crippen molar-refractivity contribution in [1.82, 2.24) is 4.90 Å². The zero-order valence-corrected chi connectivity index (χ0v) is 12.0. The Morgan fingerprint density at radius 3 is 2.50 bits per heavy atom. The number of carboxylic acid groups (broad SMARTS) is 1. The van der Waals surface area contributed by atoms with Crippen LogP contribution >= 0.6 is 0 Å². The zero-order chi connectivity index (χ0) is 13.9. The van der Waals surface area contributed by atoms with Gasteiger partial charge in [0, 0.05) is 6.54 Å². The first-order chi connectivity index (χ1) is 9.74. The van der Waals surface area contributed by atoms with Gasteiger partial charge in [-0.05, 0) is 68.3 Å². The predicted molar refractivity (Wildman–Crippen MR) is 79.1 cm³/mol. The SMILES string of the molecule is O=C(O)C(CN1CCCC1)c1ccc2c(c1)CCCC2. The zero-order valence-electron chi connectivity index (χ0n) is 12.0. The van der Waals surface area contributed by atoms with Gasteiger partial charge in [0.05, 0.1) is 5.92 Å². The van der Waals surface area contributed by atoms with Gasteiger partial charge in [-0.25, -0.2) is 0 Å². The molecule has 1 unspecified atom stereocenters. The van der Waals surface area contributed by atoms with Gasteiger partial charge >= 0.3 is 5.97 Å². The van der Waals surface area contributed by atoms with E-state index in [0.29, 0.717) is 6.54 Å². The average molecular weight is 273 g/mol. The maximum absolute atomic E-state index is 11.6. The Morgan fingerprint density at radius 2 is 1.80 bits per heavy atom. The van der Waals surface area contributed by atoms with Crippen LogP contribution in [-0.2, 0) is 17.6 Å². The van der Waals surface area contributed by atoms with E-state index in [4.69, 9.17) is 0 Å². The van der Waals surface area contributed by atoms with Gasteiger partial charge in [0.1, 0.15) is 0 Å². The van der Waals surface area contributed by atoms with Crippen molar-refractivity contribution in [3.8, 4) is 0 Å². The summed E-state index contributed by atoms with van der Waals surface area (Å²) in [4.78, 5) is 13.9. The van der Waals surface area contributed by atoms with Crippen LogP contribution in [0.25, 0.3) is 0 Å². The molecule has 20 heavy (non-hydrogen) atoms. The Bertz CT molecular complexity index is 492. The number of rotatable bonds is 4. The van der Waals surface area contributed by atoms with Crippen LogP contribution in [0, 0.1) is 0 Å². The normalized spacial score (nSPS) is 20.6. The van der Waals surface area contributed by atoms with Crippen LogP contribution in [0.15, 0.2) is 18.2 Å². The summed E-state index contributed by atoms with van der Waals surface area (Å²) < 4.78 is 0. The highest BCUT2D eigenvalue weighted by atomic mass is 16.4. The molecule has 1 aliphatic heterocycles. The fraction of sp³-hybridized carbons (Fsp3) is 0.588. The molecule has 1 aliphatic carbocycles. The van der Waals surface area contributed by atoms with Gasteiger partial charge in [0.15, 0.2) is 0 Å². The van der Waals surface area contributed by atoms with Gasteiger partial charge in [-0.1, -0.05) is 18.2 Å². The number of hydrogen-bond donors (Lipinski definition) is 1. The van der Waals surface area contributed by atoms with Gasteiger partial charge in [-0.3, -0.25) is 4.79 Å². The van der Waals surface area contributed by atoms with Crippen LogP contribution in [0.4, 0.5) is 0 Å². The van der Waals surface area contributed by atoms with E-state index < -0.39 is 5.97 Å². The molecular formula is C17H23NO2. The molecule has 1 N–H and O–H groups in total. The highest BCUT2D eigenvalue weighted by Gasteiger charge is 2.25. The number of nitrogens with zero attached hydrogens (tertiary/aromatic N) is 1. The second-order valence-electron chi connectivity index (χ2n) is 6.13. The van der Waals surface area contributed by atoms with Gasteiger partial charge in [0.25, 0.3) is 0 Å². The number of carboxylic acids is 1.